The molecular weight excluding hydrogens is 224 g/mol. The summed E-state index contributed by atoms with van der Waals surface area (Å²) in [7, 11) is 0. The topological polar surface area (TPSA) is 46.3 Å². The Morgan fingerprint density at radius 2 is 2.11 bits per heavy atom. The van der Waals surface area contributed by atoms with Crippen molar-refractivity contribution in [1.82, 2.24) is 4.90 Å². The summed E-state index contributed by atoms with van der Waals surface area (Å²) in [5, 5.41) is 0. The van der Waals surface area contributed by atoms with Crippen LogP contribution in [0.15, 0.2) is 24.3 Å². The van der Waals surface area contributed by atoms with Gasteiger partial charge in [-0.1, -0.05) is 24.3 Å². The molecule has 0 aromatic heterocycles. The quantitative estimate of drug-likeness (QED) is 0.866. The Morgan fingerprint density at radius 3 is 2.78 bits per heavy atom. The van der Waals surface area contributed by atoms with E-state index in [1.807, 2.05) is 11.0 Å². The van der Waals surface area contributed by atoms with E-state index in [1.165, 1.54) is 11.1 Å². The van der Waals surface area contributed by atoms with Crippen molar-refractivity contribution in [3.63, 3.8) is 0 Å². The molecule has 2 aliphatic rings. The van der Waals surface area contributed by atoms with Crippen molar-refractivity contribution < 1.29 is 4.79 Å². The first-order valence-corrected chi connectivity index (χ1v) is 6.77. The summed E-state index contributed by atoms with van der Waals surface area (Å²) in [5.41, 5.74) is 8.07. The molecule has 0 spiro atoms. The maximum absolute atomic E-state index is 12.4. The Hall–Kier alpha value is -1.35. The highest BCUT2D eigenvalue weighted by atomic mass is 16.2. The van der Waals surface area contributed by atoms with Crippen LogP contribution < -0.4 is 5.73 Å². The van der Waals surface area contributed by atoms with Crippen LogP contribution in [0.4, 0.5) is 0 Å². The molecule has 1 saturated heterocycles. The Kier molecular flexibility index (Phi) is 2.67. The van der Waals surface area contributed by atoms with E-state index >= 15 is 0 Å². The molecule has 0 bridgehead atoms. The SMILES string of the molecule is Cc1ccccc1C1CCCN1C(=O)C1(N)CC1. The van der Waals surface area contributed by atoms with Crippen molar-refractivity contribution in [3.8, 4) is 0 Å². The molecule has 2 N–H and O–H groups in total. The number of hydrogen-bond acceptors (Lipinski definition) is 2. The lowest BCUT2D eigenvalue weighted by molar-refractivity contribution is -0.134. The number of rotatable bonds is 2. The van der Waals surface area contributed by atoms with Crippen molar-refractivity contribution in [2.75, 3.05) is 6.54 Å². The van der Waals surface area contributed by atoms with Crippen molar-refractivity contribution in [2.45, 2.75) is 44.2 Å². The molecule has 3 rings (SSSR count). The molecule has 3 heteroatoms. The molecule has 1 amide bonds. The van der Waals surface area contributed by atoms with Gasteiger partial charge in [0.15, 0.2) is 0 Å². The second kappa shape index (κ2) is 4.09. The lowest BCUT2D eigenvalue weighted by Gasteiger charge is -2.28. The van der Waals surface area contributed by atoms with Gasteiger partial charge in [-0.2, -0.15) is 0 Å². The van der Waals surface area contributed by atoms with Gasteiger partial charge in [0.05, 0.1) is 11.6 Å². The van der Waals surface area contributed by atoms with Gasteiger partial charge >= 0.3 is 0 Å². The van der Waals surface area contributed by atoms with E-state index in [9.17, 15) is 4.79 Å². The van der Waals surface area contributed by atoms with Gasteiger partial charge in [0.25, 0.3) is 0 Å². The van der Waals surface area contributed by atoms with E-state index in [0.29, 0.717) is 0 Å². The first kappa shape index (κ1) is 11.7. The molecular formula is C15H20N2O. The maximum Gasteiger partial charge on any atom is 0.243 e. The number of aryl methyl sites for hydroxylation is 1. The number of likely N-dealkylation sites (tertiary alicyclic amines) is 1. The summed E-state index contributed by atoms with van der Waals surface area (Å²) in [6.07, 6.45) is 3.85. The molecule has 1 heterocycles. The van der Waals surface area contributed by atoms with E-state index in [1.54, 1.807) is 0 Å². The fourth-order valence-corrected chi connectivity index (χ4v) is 2.93. The van der Waals surface area contributed by atoms with Gasteiger partial charge in [-0.15, -0.1) is 0 Å². The monoisotopic (exact) mass is 244 g/mol. The van der Waals surface area contributed by atoms with Crippen LogP contribution >= 0.6 is 0 Å². The molecule has 1 saturated carbocycles. The number of benzene rings is 1. The third-order valence-electron chi connectivity index (χ3n) is 4.28. The fourth-order valence-electron chi connectivity index (χ4n) is 2.93. The zero-order valence-electron chi connectivity index (χ0n) is 10.9. The summed E-state index contributed by atoms with van der Waals surface area (Å²) in [4.78, 5) is 14.4. The molecule has 1 atom stereocenters. The highest BCUT2D eigenvalue weighted by molar-refractivity contribution is 5.89. The molecule has 18 heavy (non-hydrogen) atoms. The first-order chi connectivity index (χ1) is 8.62. The third-order valence-corrected chi connectivity index (χ3v) is 4.28. The summed E-state index contributed by atoms with van der Waals surface area (Å²) < 4.78 is 0. The van der Waals surface area contributed by atoms with E-state index < -0.39 is 5.54 Å². The normalized spacial score (nSPS) is 25.2. The van der Waals surface area contributed by atoms with Gasteiger partial charge in [0, 0.05) is 6.54 Å². The minimum atomic E-state index is -0.536. The minimum absolute atomic E-state index is 0.160. The zero-order valence-corrected chi connectivity index (χ0v) is 10.9. The molecule has 96 valence electrons. The summed E-state index contributed by atoms with van der Waals surface area (Å²) >= 11 is 0. The Morgan fingerprint density at radius 1 is 1.39 bits per heavy atom. The molecule has 1 unspecified atom stereocenters. The highest BCUT2D eigenvalue weighted by Crippen LogP contribution is 2.40. The number of carbonyl (C=O) groups is 1. The van der Waals surface area contributed by atoms with E-state index in [0.717, 1.165) is 32.2 Å². The summed E-state index contributed by atoms with van der Waals surface area (Å²) in [6.45, 7) is 2.97. The van der Waals surface area contributed by atoms with Gasteiger partial charge in [-0.25, -0.2) is 0 Å². The lowest BCUT2D eigenvalue weighted by atomic mass is 9.99. The van der Waals surface area contributed by atoms with E-state index in [2.05, 4.69) is 25.1 Å². The molecule has 0 radical (unpaired) electrons. The molecule has 2 fully saturated rings. The van der Waals surface area contributed by atoms with Crippen LogP contribution in [0.2, 0.25) is 0 Å². The maximum atomic E-state index is 12.4. The van der Waals surface area contributed by atoms with Gasteiger partial charge in [0.2, 0.25) is 5.91 Å². The van der Waals surface area contributed by atoms with Crippen LogP contribution in [0.3, 0.4) is 0 Å². The van der Waals surface area contributed by atoms with E-state index in [4.69, 9.17) is 5.73 Å². The standard InChI is InChI=1S/C15H20N2O/c1-11-5-2-3-6-12(11)13-7-4-10-17(13)14(18)15(16)8-9-15/h2-3,5-6,13H,4,7-10,16H2,1H3. The largest absolute Gasteiger partial charge is 0.334 e. The number of hydrogen-bond donors (Lipinski definition) is 1. The Balaban J connectivity index is 1.88. The van der Waals surface area contributed by atoms with Crippen LogP contribution in [0.5, 0.6) is 0 Å². The van der Waals surface area contributed by atoms with Crippen LogP contribution in [0, 0.1) is 6.92 Å². The van der Waals surface area contributed by atoms with Gasteiger partial charge in [-0.05, 0) is 43.7 Å². The van der Waals surface area contributed by atoms with Gasteiger partial charge < -0.3 is 10.6 Å². The van der Waals surface area contributed by atoms with Crippen molar-refractivity contribution in [1.29, 1.82) is 0 Å². The second-order valence-electron chi connectivity index (χ2n) is 5.67. The van der Waals surface area contributed by atoms with Gasteiger partial charge in [-0.3, -0.25) is 4.79 Å². The summed E-state index contributed by atoms with van der Waals surface area (Å²) in [5.74, 6) is 0.160. The van der Waals surface area contributed by atoms with Crippen LogP contribution in [-0.2, 0) is 4.79 Å². The van der Waals surface area contributed by atoms with Crippen molar-refractivity contribution >= 4 is 5.91 Å². The third kappa shape index (κ3) is 1.83. The Labute approximate surface area is 108 Å². The number of nitrogens with zero attached hydrogens (tertiary/aromatic N) is 1. The number of carbonyl (C=O) groups excluding carboxylic acids is 1. The molecule has 1 aromatic carbocycles. The average Bonchev–Trinajstić information content (AvgIpc) is 2.94. The smallest absolute Gasteiger partial charge is 0.243 e. The minimum Gasteiger partial charge on any atom is -0.334 e. The van der Waals surface area contributed by atoms with E-state index in [-0.39, 0.29) is 11.9 Å². The number of nitrogens with two attached hydrogens (primary N) is 1. The zero-order chi connectivity index (χ0) is 12.8. The number of amides is 1. The molecule has 1 aromatic rings. The highest BCUT2D eigenvalue weighted by Gasteiger charge is 2.50. The summed E-state index contributed by atoms with van der Waals surface area (Å²) in [6, 6.07) is 8.59. The second-order valence-corrected chi connectivity index (χ2v) is 5.67. The Bertz CT molecular complexity index is 479. The van der Waals surface area contributed by atoms with Crippen LogP contribution in [0.25, 0.3) is 0 Å². The lowest BCUT2D eigenvalue weighted by Crippen LogP contribution is -2.45. The van der Waals surface area contributed by atoms with Crippen molar-refractivity contribution in [2.24, 2.45) is 5.73 Å². The van der Waals surface area contributed by atoms with Crippen LogP contribution in [0.1, 0.15) is 42.9 Å². The van der Waals surface area contributed by atoms with Crippen LogP contribution in [-0.4, -0.2) is 22.9 Å². The van der Waals surface area contributed by atoms with Crippen molar-refractivity contribution in [3.05, 3.63) is 35.4 Å². The van der Waals surface area contributed by atoms with Gasteiger partial charge in [0.1, 0.15) is 0 Å². The molecule has 1 aliphatic heterocycles. The first-order valence-electron chi connectivity index (χ1n) is 6.77. The predicted molar refractivity (Wildman–Crippen MR) is 71.0 cm³/mol. The fraction of sp³-hybridized carbons (Fsp3) is 0.533. The molecule has 3 nitrogen and oxygen atoms in total. The predicted octanol–water partition coefficient (Wildman–Crippen LogP) is 2.15. The average molecular weight is 244 g/mol. The molecule has 1 aliphatic carbocycles.